The maximum Gasteiger partial charge on any atom is 0.337 e. The normalized spacial score (nSPS) is 16.8. The molecule has 3 aromatic rings. The van der Waals surface area contributed by atoms with Crippen molar-refractivity contribution >= 4 is 17.3 Å². The molecule has 0 saturated carbocycles. The van der Waals surface area contributed by atoms with Crippen LogP contribution in [-0.4, -0.2) is 52.2 Å². The Morgan fingerprint density at radius 2 is 1.62 bits per heavy atom. The van der Waals surface area contributed by atoms with Crippen molar-refractivity contribution in [1.82, 2.24) is 0 Å². The standard InChI is InChI=1S/C29H26N2O9/c1-35-24-10-17(11-25(36-2)28(24)37-3)26-19-12-22-23(40-15-39-22)13-20(19)30(21-14-38-29(32)27(21)26)9-8-16-4-6-18(7-5-16)31(33)34/h4-7,10-13,26H,8-9,14-15H2,1-3H3. The van der Waals surface area contributed by atoms with Gasteiger partial charge in [0.05, 0.1) is 37.5 Å². The summed E-state index contributed by atoms with van der Waals surface area (Å²) in [5.74, 6) is 1.67. The summed E-state index contributed by atoms with van der Waals surface area (Å²) < 4.78 is 33.7. The van der Waals surface area contributed by atoms with Gasteiger partial charge >= 0.3 is 5.97 Å². The second kappa shape index (κ2) is 9.99. The molecule has 0 fully saturated rings. The molecule has 0 amide bonds. The van der Waals surface area contributed by atoms with Gasteiger partial charge in [0.1, 0.15) is 6.61 Å². The smallest absolute Gasteiger partial charge is 0.337 e. The van der Waals surface area contributed by atoms with Crippen LogP contribution < -0.4 is 28.6 Å². The molecule has 206 valence electrons. The largest absolute Gasteiger partial charge is 0.493 e. The van der Waals surface area contributed by atoms with Gasteiger partial charge in [-0.1, -0.05) is 12.1 Å². The van der Waals surface area contributed by atoms with Gasteiger partial charge in [-0.3, -0.25) is 10.1 Å². The van der Waals surface area contributed by atoms with Gasteiger partial charge in [0.25, 0.3) is 5.69 Å². The van der Waals surface area contributed by atoms with Gasteiger partial charge in [-0.25, -0.2) is 4.79 Å². The van der Waals surface area contributed by atoms with Crippen LogP contribution >= 0.6 is 0 Å². The van der Waals surface area contributed by atoms with E-state index in [9.17, 15) is 14.9 Å². The van der Waals surface area contributed by atoms with Gasteiger partial charge in [-0.15, -0.1) is 0 Å². The molecule has 3 aliphatic heterocycles. The minimum absolute atomic E-state index is 0.0350. The van der Waals surface area contributed by atoms with Crippen molar-refractivity contribution in [1.29, 1.82) is 0 Å². The third-order valence-electron chi connectivity index (χ3n) is 7.40. The van der Waals surface area contributed by atoms with Gasteiger partial charge in [0.15, 0.2) is 23.0 Å². The fourth-order valence-corrected chi connectivity index (χ4v) is 5.52. The van der Waals surface area contributed by atoms with E-state index in [0.717, 1.165) is 28.1 Å². The molecule has 3 aromatic carbocycles. The van der Waals surface area contributed by atoms with Crippen LogP contribution in [0.25, 0.3) is 0 Å². The molecule has 0 saturated heterocycles. The lowest BCUT2D eigenvalue weighted by Crippen LogP contribution is -2.32. The van der Waals surface area contributed by atoms with Crippen LogP contribution in [0, 0.1) is 10.1 Å². The average Bonchev–Trinajstić information content (AvgIpc) is 3.59. The first-order valence-corrected chi connectivity index (χ1v) is 12.6. The Labute approximate surface area is 229 Å². The van der Waals surface area contributed by atoms with Crippen molar-refractivity contribution in [2.24, 2.45) is 0 Å². The topological polar surface area (TPSA) is 119 Å². The van der Waals surface area contributed by atoms with E-state index in [2.05, 4.69) is 4.90 Å². The second-order valence-electron chi connectivity index (χ2n) is 9.42. The highest BCUT2D eigenvalue weighted by atomic mass is 16.7. The summed E-state index contributed by atoms with van der Waals surface area (Å²) in [6.07, 6.45) is 0.575. The fourth-order valence-electron chi connectivity index (χ4n) is 5.52. The lowest BCUT2D eigenvalue weighted by atomic mass is 9.80. The maximum absolute atomic E-state index is 13.3. The minimum atomic E-state index is -0.501. The molecule has 0 spiro atoms. The second-order valence-corrected chi connectivity index (χ2v) is 9.42. The first kappa shape index (κ1) is 25.4. The predicted octanol–water partition coefficient (Wildman–Crippen LogP) is 4.35. The van der Waals surface area contributed by atoms with Crippen molar-refractivity contribution in [2.45, 2.75) is 12.3 Å². The Hall–Kier alpha value is -4.93. The van der Waals surface area contributed by atoms with Crippen LogP contribution in [0.4, 0.5) is 11.4 Å². The fraction of sp³-hybridized carbons (Fsp3) is 0.276. The Bertz CT molecular complexity index is 1520. The molecule has 40 heavy (non-hydrogen) atoms. The van der Waals surface area contributed by atoms with E-state index < -0.39 is 16.8 Å². The van der Waals surface area contributed by atoms with Crippen LogP contribution in [0.2, 0.25) is 0 Å². The molecule has 3 heterocycles. The number of ether oxygens (including phenoxy) is 6. The number of hydrogen-bond acceptors (Lipinski definition) is 10. The summed E-state index contributed by atoms with van der Waals surface area (Å²) in [7, 11) is 4.62. The number of non-ortho nitro benzene ring substituents is 1. The molecule has 11 nitrogen and oxygen atoms in total. The van der Waals surface area contributed by atoms with Gasteiger partial charge in [-0.2, -0.15) is 0 Å². The summed E-state index contributed by atoms with van der Waals surface area (Å²) in [5, 5.41) is 11.1. The van der Waals surface area contributed by atoms with Gasteiger partial charge in [0, 0.05) is 36.3 Å². The van der Waals surface area contributed by atoms with Crippen LogP contribution in [0.5, 0.6) is 28.7 Å². The minimum Gasteiger partial charge on any atom is -0.493 e. The lowest BCUT2D eigenvalue weighted by Gasteiger charge is -2.36. The van der Waals surface area contributed by atoms with Crippen molar-refractivity contribution in [3.63, 3.8) is 0 Å². The number of nitro groups is 1. The number of benzene rings is 3. The summed E-state index contributed by atoms with van der Waals surface area (Å²) in [5.41, 5.74) is 4.67. The van der Waals surface area contributed by atoms with Crippen molar-refractivity contribution in [3.05, 3.63) is 86.6 Å². The molecular weight excluding hydrogens is 520 g/mol. The van der Waals surface area contributed by atoms with E-state index >= 15 is 0 Å². The number of methoxy groups -OCH3 is 3. The van der Waals surface area contributed by atoms with E-state index in [0.29, 0.717) is 47.3 Å². The Balaban J connectivity index is 1.48. The van der Waals surface area contributed by atoms with Gasteiger partial charge < -0.3 is 33.3 Å². The molecule has 0 bridgehead atoms. The SMILES string of the molecule is COc1cc(C2C3=C(COC3=O)N(CCc3ccc([N+](=O)[O-])cc3)c3cc4c(cc32)OCO4)cc(OC)c1OC. The van der Waals surface area contributed by atoms with Crippen LogP contribution in [0.3, 0.4) is 0 Å². The summed E-state index contributed by atoms with van der Waals surface area (Å²) in [6, 6.07) is 14.0. The molecule has 0 aliphatic carbocycles. The number of fused-ring (bicyclic) bond motifs is 2. The number of nitro benzene ring substituents is 1. The first-order valence-electron chi connectivity index (χ1n) is 12.6. The zero-order valence-electron chi connectivity index (χ0n) is 22.1. The number of anilines is 1. The third-order valence-corrected chi connectivity index (χ3v) is 7.40. The van der Waals surface area contributed by atoms with Gasteiger partial charge in [-0.05, 0) is 41.3 Å². The number of hydrogen-bond donors (Lipinski definition) is 0. The molecule has 0 radical (unpaired) electrons. The zero-order valence-corrected chi connectivity index (χ0v) is 22.1. The van der Waals surface area contributed by atoms with Gasteiger partial charge in [0.2, 0.25) is 12.5 Å². The Morgan fingerprint density at radius 1 is 0.950 bits per heavy atom. The van der Waals surface area contributed by atoms with E-state index in [-0.39, 0.29) is 19.1 Å². The summed E-state index contributed by atoms with van der Waals surface area (Å²) in [4.78, 5) is 26.0. The molecule has 0 aromatic heterocycles. The lowest BCUT2D eigenvalue weighted by molar-refractivity contribution is -0.384. The number of esters is 1. The number of rotatable bonds is 8. The molecule has 3 aliphatic rings. The molecule has 0 N–H and O–H groups in total. The monoisotopic (exact) mass is 546 g/mol. The highest BCUT2D eigenvalue weighted by Crippen LogP contribution is 2.53. The molecular formula is C29H26N2O9. The van der Waals surface area contributed by atoms with E-state index in [4.69, 9.17) is 28.4 Å². The predicted molar refractivity (Wildman–Crippen MR) is 143 cm³/mol. The molecule has 6 rings (SSSR count). The zero-order chi connectivity index (χ0) is 28.0. The summed E-state index contributed by atoms with van der Waals surface area (Å²) >= 11 is 0. The van der Waals surface area contributed by atoms with Crippen LogP contribution in [-0.2, 0) is 16.0 Å². The van der Waals surface area contributed by atoms with Crippen molar-refractivity contribution in [3.8, 4) is 28.7 Å². The molecule has 1 atom stereocenters. The van der Waals surface area contributed by atoms with Crippen molar-refractivity contribution in [2.75, 3.05) is 46.2 Å². The maximum atomic E-state index is 13.3. The van der Waals surface area contributed by atoms with Crippen molar-refractivity contribution < 1.29 is 38.1 Å². The number of nitrogens with zero attached hydrogens (tertiary/aromatic N) is 2. The van der Waals surface area contributed by atoms with E-state index in [1.807, 2.05) is 24.3 Å². The highest BCUT2D eigenvalue weighted by Gasteiger charge is 2.43. The number of carbonyl (C=O) groups excluding carboxylic acids is 1. The first-order chi connectivity index (χ1) is 19.4. The quantitative estimate of drug-likeness (QED) is 0.229. The Kier molecular flexibility index (Phi) is 6.33. The Morgan fingerprint density at radius 3 is 2.25 bits per heavy atom. The summed E-state index contributed by atoms with van der Waals surface area (Å²) in [6.45, 7) is 0.718. The highest BCUT2D eigenvalue weighted by molar-refractivity contribution is 5.98. The van der Waals surface area contributed by atoms with Crippen LogP contribution in [0.1, 0.15) is 22.6 Å². The molecule has 11 heteroatoms. The number of carbonyl (C=O) groups is 1. The number of cyclic esters (lactones) is 1. The van der Waals surface area contributed by atoms with Crippen LogP contribution in [0.15, 0.2) is 59.8 Å². The van der Waals surface area contributed by atoms with E-state index in [1.165, 1.54) is 19.2 Å². The molecule has 1 unspecified atom stereocenters. The van der Waals surface area contributed by atoms with E-state index in [1.54, 1.807) is 26.4 Å². The average molecular weight is 547 g/mol. The third kappa shape index (κ3) is 4.10.